The molecule has 0 aliphatic heterocycles. The van der Waals surface area contributed by atoms with Gasteiger partial charge in [-0.25, -0.2) is 0 Å². The third-order valence-electron chi connectivity index (χ3n) is 1.79. The molecule has 0 amide bonds. The van der Waals surface area contributed by atoms with E-state index in [0.29, 0.717) is 5.56 Å². The van der Waals surface area contributed by atoms with Crippen LogP contribution in [-0.2, 0) is 0 Å². The third-order valence-corrected chi connectivity index (χ3v) is 2.65. The number of aryl methyl sites for hydroxylation is 1. The van der Waals surface area contributed by atoms with Gasteiger partial charge in [0.15, 0.2) is 5.78 Å². The van der Waals surface area contributed by atoms with Crippen LogP contribution in [0.5, 0.6) is 0 Å². The summed E-state index contributed by atoms with van der Waals surface area (Å²) in [6.07, 6.45) is -5.75. The third kappa shape index (κ3) is 3.14. The predicted octanol–water partition coefficient (Wildman–Crippen LogP) is 3.58. The number of ketones is 1. The Labute approximate surface area is 83.6 Å². The minimum atomic E-state index is -4.25. The van der Waals surface area contributed by atoms with Gasteiger partial charge in [0, 0.05) is 17.4 Å². The Hall–Kier alpha value is -0.840. The Kier molecular flexibility index (Phi) is 3.31. The fourth-order valence-electron chi connectivity index (χ4n) is 1.04. The first kappa shape index (κ1) is 11.2. The van der Waals surface area contributed by atoms with Gasteiger partial charge in [-0.3, -0.25) is 4.79 Å². The molecule has 14 heavy (non-hydrogen) atoms. The van der Waals surface area contributed by atoms with Gasteiger partial charge in [-0.05, 0) is 17.9 Å². The monoisotopic (exact) mass is 222 g/mol. The average molecular weight is 222 g/mol. The first-order valence-electron chi connectivity index (χ1n) is 4.03. The fourth-order valence-corrected chi connectivity index (χ4v) is 1.89. The molecule has 0 saturated heterocycles. The van der Waals surface area contributed by atoms with E-state index in [9.17, 15) is 18.0 Å². The molecule has 0 radical (unpaired) electrons. The van der Waals surface area contributed by atoms with E-state index in [1.807, 2.05) is 0 Å². The van der Waals surface area contributed by atoms with Crippen LogP contribution in [0, 0.1) is 6.92 Å². The highest BCUT2D eigenvalue weighted by atomic mass is 32.1. The Balaban J connectivity index is 2.56. The van der Waals surface area contributed by atoms with Crippen molar-refractivity contribution in [2.75, 3.05) is 0 Å². The van der Waals surface area contributed by atoms with E-state index >= 15 is 0 Å². The van der Waals surface area contributed by atoms with Crippen molar-refractivity contribution < 1.29 is 18.0 Å². The van der Waals surface area contributed by atoms with Crippen molar-refractivity contribution in [1.29, 1.82) is 0 Å². The highest BCUT2D eigenvalue weighted by molar-refractivity contribution is 7.08. The summed E-state index contributed by atoms with van der Waals surface area (Å²) in [5, 5.41) is 3.34. The van der Waals surface area contributed by atoms with Crippen molar-refractivity contribution in [2.45, 2.75) is 25.9 Å². The second-order valence-electron chi connectivity index (χ2n) is 3.01. The number of carbonyl (C=O) groups excluding carboxylic acids is 1. The van der Waals surface area contributed by atoms with Gasteiger partial charge in [-0.15, -0.1) is 0 Å². The number of thiophene rings is 1. The van der Waals surface area contributed by atoms with Crippen LogP contribution in [0.25, 0.3) is 0 Å². The van der Waals surface area contributed by atoms with Crippen molar-refractivity contribution in [3.05, 3.63) is 21.9 Å². The van der Waals surface area contributed by atoms with Crippen molar-refractivity contribution >= 4 is 17.1 Å². The summed E-state index contributed by atoms with van der Waals surface area (Å²) >= 11 is 1.33. The van der Waals surface area contributed by atoms with Crippen LogP contribution < -0.4 is 0 Å². The molecular formula is C9H9F3OS. The summed E-state index contributed by atoms with van der Waals surface area (Å²) < 4.78 is 35.4. The highest BCUT2D eigenvalue weighted by Gasteiger charge is 2.28. The Bertz CT molecular complexity index is 327. The number of halogens is 3. The first-order valence-corrected chi connectivity index (χ1v) is 4.97. The van der Waals surface area contributed by atoms with Crippen molar-refractivity contribution in [1.82, 2.24) is 0 Å². The molecule has 1 heterocycles. The molecule has 1 nitrogen and oxygen atoms in total. The lowest BCUT2D eigenvalue weighted by atomic mass is 10.1. The highest BCUT2D eigenvalue weighted by Crippen LogP contribution is 2.24. The number of hydrogen-bond donors (Lipinski definition) is 0. The lowest BCUT2D eigenvalue weighted by molar-refractivity contribution is -0.133. The molecule has 0 unspecified atom stereocenters. The van der Waals surface area contributed by atoms with Crippen molar-refractivity contribution in [3.63, 3.8) is 0 Å². The molecule has 0 aromatic carbocycles. The first-order chi connectivity index (χ1) is 6.40. The molecule has 0 fully saturated rings. The smallest absolute Gasteiger partial charge is 0.294 e. The predicted molar refractivity (Wildman–Crippen MR) is 48.7 cm³/mol. The van der Waals surface area contributed by atoms with Crippen LogP contribution in [-0.4, -0.2) is 12.0 Å². The van der Waals surface area contributed by atoms with E-state index in [2.05, 4.69) is 0 Å². The largest absolute Gasteiger partial charge is 0.389 e. The molecule has 5 heteroatoms. The van der Waals surface area contributed by atoms with E-state index in [0.717, 1.165) is 5.56 Å². The van der Waals surface area contributed by atoms with Gasteiger partial charge in [0.05, 0.1) is 6.42 Å². The Morgan fingerprint density at radius 2 is 2.07 bits per heavy atom. The molecule has 0 bridgehead atoms. The maximum absolute atomic E-state index is 11.8. The van der Waals surface area contributed by atoms with Gasteiger partial charge in [0.2, 0.25) is 0 Å². The summed E-state index contributed by atoms with van der Waals surface area (Å²) in [6, 6.07) is 0. The topological polar surface area (TPSA) is 17.1 Å². The molecular weight excluding hydrogens is 213 g/mol. The molecule has 0 aliphatic rings. The van der Waals surface area contributed by atoms with Gasteiger partial charge in [-0.1, -0.05) is 0 Å². The van der Waals surface area contributed by atoms with Crippen molar-refractivity contribution in [3.8, 4) is 0 Å². The van der Waals surface area contributed by atoms with Gasteiger partial charge in [0.1, 0.15) is 0 Å². The molecule has 0 saturated carbocycles. The Morgan fingerprint density at radius 3 is 2.50 bits per heavy atom. The lowest BCUT2D eigenvalue weighted by Crippen LogP contribution is -2.10. The van der Waals surface area contributed by atoms with Crippen LogP contribution in [0.4, 0.5) is 13.2 Å². The van der Waals surface area contributed by atoms with Crippen LogP contribution in [0.1, 0.15) is 28.8 Å². The minimum Gasteiger partial charge on any atom is -0.294 e. The fraction of sp³-hybridized carbons (Fsp3) is 0.444. The van der Waals surface area contributed by atoms with E-state index in [4.69, 9.17) is 0 Å². The van der Waals surface area contributed by atoms with E-state index in [-0.39, 0.29) is 0 Å². The second kappa shape index (κ2) is 4.13. The van der Waals surface area contributed by atoms with E-state index < -0.39 is 24.8 Å². The summed E-state index contributed by atoms with van der Waals surface area (Å²) in [7, 11) is 0. The number of alkyl halides is 3. The van der Waals surface area contributed by atoms with E-state index in [1.54, 1.807) is 17.7 Å². The number of Topliss-reactive ketones (excluding diaryl/α,β-unsaturated/α-hetero) is 1. The van der Waals surface area contributed by atoms with Crippen LogP contribution in [0.3, 0.4) is 0 Å². The minimum absolute atomic E-state index is 0.416. The molecule has 0 aliphatic carbocycles. The van der Waals surface area contributed by atoms with Crippen molar-refractivity contribution in [2.24, 2.45) is 0 Å². The molecule has 1 rings (SSSR count). The molecule has 1 aromatic heterocycles. The van der Waals surface area contributed by atoms with Gasteiger partial charge in [0.25, 0.3) is 0 Å². The quantitative estimate of drug-likeness (QED) is 0.714. The zero-order valence-electron chi connectivity index (χ0n) is 7.52. The summed E-state index contributed by atoms with van der Waals surface area (Å²) in [5.41, 5.74) is 1.17. The molecule has 78 valence electrons. The zero-order valence-corrected chi connectivity index (χ0v) is 8.34. The molecule has 0 spiro atoms. The molecule has 1 aromatic rings. The zero-order chi connectivity index (χ0) is 10.8. The van der Waals surface area contributed by atoms with Gasteiger partial charge >= 0.3 is 6.18 Å². The maximum atomic E-state index is 11.8. The molecule has 0 atom stereocenters. The van der Waals surface area contributed by atoms with Crippen LogP contribution >= 0.6 is 11.3 Å². The second-order valence-corrected chi connectivity index (χ2v) is 3.75. The van der Waals surface area contributed by atoms with Gasteiger partial charge < -0.3 is 0 Å². The van der Waals surface area contributed by atoms with Crippen LogP contribution in [0.15, 0.2) is 10.8 Å². The summed E-state index contributed by atoms with van der Waals surface area (Å²) in [5.74, 6) is -0.430. The van der Waals surface area contributed by atoms with Crippen LogP contribution in [0.2, 0.25) is 0 Å². The standard InChI is InChI=1S/C9H9F3OS/c1-6-4-14-5-7(6)8(13)2-3-9(10,11)12/h4-5H,2-3H2,1H3. The SMILES string of the molecule is Cc1cscc1C(=O)CCC(F)(F)F. The van der Waals surface area contributed by atoms with Gasteiger partial charge in [-0.2, -0.15) is 24.5 Å². The summed E-state index contributed by atoms with van der Waals surface area (Å²) in [6.45, 7) is 1.72. The number of rotatable bonds is 3. The number of hydrogen-bond acceptors (Lipinski definition) is 2. The lowest BCUT2D eigenvalue weighted by Gasteiger charge is -2.04. The average Bonchev–Trinajstić information content (AvgIpc) is 2.46. The molecule has 0 N–H and O–H groups in total. The summed E-state index contributed by atoms with van der Waals surface area (Å²) in [4.78, 5) is 11.3. The maximum Gasteiger partial charge on any atom is 0.389 e. The number of carbonyl (C=O) groups is 1. The van der Waals surface area contributed by atoms with E-state index in [1.165, 1.54) is 11.3 Å². The Morgan fingerprint density at radius 1 is 1.43 bits per heavy atom. The normalized spacial score (nSPS) is 11.7.